The zero-order chi connectivity index (χ0) is 13.0. The minimum atomic E-state index is 0.00546. The molecule has 0 spiro atoms. The summed E-state index contributed by atoms with van der Waals surface area (Å²) in [6, 6.07) is 3.92. The molecular weight excluding hydrogens is 282 g/mol. The van der Waals surface area contributed by atoms with Gasteiger partial charge in [-0.3, -0.25) is 0 Å². The Morgan fingerprint density at radius 2 is 1.65 bits per heavy atom. The summed E-state index contributed by atoms with van der Waals surface area (Å²) in [6.45, 7) is 4.32. The largest absolute Gasteiger partial charge is 0.495 e. The van der Waals surface area contributed by atoms with Gasteiger partial charge in [0.1, 0.15) is 16.0 Å². The van der Waals surface area contributed by atoms with Crippen LogP contribution < -0.4 is 15.2 Å². The van der Waals surface area contributed by atoms with E-state index in [0.29, 0.717) is 5.92 Å². The number of hydrogen-bond donors (Lipinski definition) is 1. The van der Waals surface area contributed by atoms with E-state index in [1.54, 1.807) is 14.2 Å². The lowest BCUT2D eigenvalue weighted by molar-refractivity contribution is 0.386. The van der Waals surface area contributed by atoms with E-state index in [4.69, 9.17) is 15.2 Å². The second-order valence-electron chi connectivity index (χ2n) is 4.48. The Hall–Kier alpha value is -0.740. The van der Waals surface area contributed by atoms with E-state index in [1.807, 2.05) is 12.1 Å². The number of methoxy groups -OCH3 is 2. The molecule has 0 aromatic heterocycles. The maximum atomic E-state index is 6.17. The zero-order valence-corrected chi connectivity index (χ0v) is 12.4. The van der Waals surface area contributed by atoms with Crippen molar-refractivity contribution in [1.82, 2.24) is 0 Å². The molecule has 0 aliphatic heterocycles. The van der Waals surface area contributed by atoms with Crippen LogP contribution in [0.2, 0.25) is 0 Å². The Bertz CT molecular complexity index is 355. The van der Waals surface area contributed by atoms with Crippen LogP contribution in [0.3, 0.4) is 0 Å². The van der Waals surface area contributed by atoms with Gasteiger partial charge in [-0.15, -0.1) is 0 Å². The molecule has 1 atom stereocenters. The molecule has 3 nitrogen and oxygen atoms in total. The molecule has 4 heteroatoms. The molecule has 0 aliphatic rings. The highest BCUT2D eigenvalue weighted by molar-refractivity contribution is 9.10. The van der Waals surface area contributed by atoms with Crippen molar-refractivity contribution >= 4 is 15.9 Å². The van der Waals surface area contributed by atoms with Crippen molar-refractivity contribution in [3.05, 3.63) is 22.2 Å². The Morgan fingerprint density at radius 3 is 2.00 bits per heavy atom. The van der Waals surface area contributed by atoms with Gasteiger partial charge in [0.25, 0.3) is 0 Å². The molecule has 17 heavy (non-hydrogen) atoms. The van der Waals surface area contributed by atoms with Crippen LogP contribution in [-0.2, 0) is 0 Å². The lowest BCUT2D eigenvalue weighted by Crippen LogP contribution is -2.13. The van der Waals surface area contributed by atoms with Crippen LogP contribution in [0, 0.1) is 5.92 Å². The van der Waals surface area contributed by atoms with E-state index in [2.05, 4.69) is 29.8 Å². The molecule has 1 rings (SSSR count). The second kappa shape index (κ2) is 6.26. The molecule has 0 amide bonds. The first-order chi connectivity index (χ1) is 7.99. The van der Waals surface area contributed by atoms with Gasteiger partial charge in [0.15, 0.2) is 0 Å². The molecule has 0 heterocycles. The molecule has 0 saturated heterocycles. The van der Waals surface area contributed by atoms with Gasteiger partial charge in [-0.05, 0) is 46.0 Å². The smallest absolute Gasteiger partial charge is 0.137 e. The van der Waals surface area contributed by atoms with Gasteiger partial charge in [-0.2, -0.15) is 0 Å². The summed E-state index contributed by atoms with van der Waals surface area (Å²) in [7, 11) is 3.27. The maximum absolute atomic E-state index is 6.17. The Labute approximate surface area is 111 Å². The zero-order valence-electron chi connectivity index (χ0n) is 10.8. The van der Waals surface area contributed by atoms with Crippen LogP contribution in [0.5, 0.6) is 11.5 Å². The maximum Gasteiger partial charge on any atom is 0.137 e. The molecule has 0 unspecified atom stereocenters. The fourth-order valence-corrected chi connectivity index (χ4v) is 2.30. The third-order valence-corrected chi connectivity index (χ3v) is 3.40. The molecule has 0 bridgehead atoms. The van der Waals surface area contributed by atoms with Gasteiger partial charge in [-0.25, -0.2) is 0 Å². The third kappa shape index (κ3) is 3.61. The predicted octanol–water partition coefficient (Wildman–Crippen LogP) is 3.51. The van der Waals surface area contributed by atoms with E-state index in [9.17, 15) is 0 Å². The summed E-state index contributed by atoms with van der Waals surface area (Å²) in [4.78, 5) is 0. The van der Waals surface area contributed by atoms with Crippen molar-refractivity contribution in [2.75, 3.05) is 14.2 Å². The SMILES string of the molecule is COc1cc([C@H](N)CC(C)C)cc(OC)c1Br. The monoisotopic (exact) mass is 301 g/mol. The summed E-state index contributed by atoms with van der Waals surface area (Å²) in [5, 5.41) is 0. The molecule has 2 N–H and O–H groups in total. The summed E-state index contributed by atoms with van der Waals surface area (Å²) in [6.07, 6.45) is 0.938. The molecular formula is C13H20BrNO2. The van der Waals surface area contributed by atoms with Gasteiger partial charge in [0.05, 0.1) is 14.2 Å². The van der Waals surface area contributed by atoms with E-state index in [0.717, 1.165) is 28.0 Å². The molecule has 96 valence electrons. The van der Waals surface area contributed by atoms with Crippen LogP contribution in [0.15, 0.2) is 16.6 Å². The fourth-order valence-electron chi connectivity index (χ4n) is 1.75. The lowest BCUT2D eigenvalue weighted by Gasteiger charge is -2.17. The number of nitrogens with two attached hydrogens (primary N) is 1. The summed E-state index contributed by atoms with van der Waals surface area (Å²) >= 11 is 3.44. The molecule has 0 fully saturated rings. The van der Waals surface area contributed by atoms with Gasteiger partial charge in [0, 0.05) is 6.04 Å². The van der Waals surface area contributed by atoms with Gasteiger partial charge in [0.2, 0.25) is 0 Å². The highest BCUT2D eigenvalue weighted by atomic mass is 79.9. The molecule has 0 aliphatic carbocycles. The van der Waals surface area contributed by atoms with E-state index >= 15 is 0 Å². The lowest BCUT2D eigenvalue weighted by atomic mass is 9.97. The summed E-state index contributed by atoms with van der Waals surface area (Å²) < 4.78 is 11.4. The van der Waals surface area contributed by atoms with Gasteiger partial charge >= 0.3 is 0 Å². The van der Waals surface area contributed by atoms with Crippen molar-refractivity contribution in [3.8, 4) is 11.5 Å². The van der Waals surface area contributed by atoms with Crippen molar-refractivity contribution in [1.29, 1.82) is 0 Å². The topological polar surface area (TPSA) is 44.5 Å². The minimum Gasteiger partial charge on any atom is -0.495 e. The predicted molar refractivity (Wildman–Crippen MR) is 73.6 cm³/mol. The number of hydrogen-bond acceptors (Lipinski definition) is 3. The van der Waals surface area contributed by atoms with E-state index in [1.165, 1.54) is 0 Å². The highest BCUT2D eigenvalue weighted by Gasteiger charge is 2.15. The van der Waals surface area contributed by atoms with Crippen LogP contribution in [-0.4, -0.2) is 14.2 Å². The van der Waals surface area contributed by atoms with Crippen LogP contribution >= 0.6 is 15.9 Å². The van der Waals surface area contributed by atoms with Gasteiger partial charge in [-0.1, -0.05) is 13.8 Å². The minimum absolute atomic E-state index is 0.00546. The van der Waals surface area contributed by atoms with E-state index in [-0.39, 0.29) is 6.04 Å². The number of rotatable bonds is 5. The average molecular weight is 302 g/mol. The Balaban J connectivity index is 3.08. The van der Waals surface area contributed by atoms with Crippen molar-refractivity contribution in [3.63, 3.8) is 0 Å². The first-order valence-corrected chi connectivity index (χ1v) is 6.45. The van der Waals surface area contributed by atoms with Crippen LogP contribution in [0.4, 0.5) is 0 Å². The van der Waals surface area contributed by atoms with Crippen molar-refractivity contribution in [2.24, 2.45) is 11.7 Å². The Kier molecular flexibility index (Phi) is 5.28. The average Bonchev–Trinajstić information content (AvgIpc) is 2.28. The molecule has 0 radical (unpaired) electrons. The van der Waals surface area contributed by atoms with Crippen molar-refractivity contribution < 1.29 is 9.47 Å². The van der Waals surface area contributed by atoms with Crippen molar-refractivity contribution in [2.45, 2.75) is 26.3 Å². The first kappa shape index (κ1) is 14.3. The molecule has 0 saturated carbocycles. The summed E-state index contributed by atoms with van der Waals surface area (Å²) in [5.74, 6) is 2.06. The number of ether oxygens (including phenoxy) is 2. The number of benzene rings is 1. The summed E-state index contributed by atoms with van der Waals surface area (Å²) in [5.41, 5.74) is 7.20. The fraction of sp³-hybridized carbons (Fsp3) is 0.538. The van der Waals surface area contributed by atoms with Crippen LogP contribution in [0.1, 0.15) is 31.9 Å². The quantitative estimate of drug-likeness (QED) is 0.905. The van der Waals surface area contributed by atoms with Gasteiger partial charge < -0.3 is 15.2 Å². The van der Waals surface area contributed by atoms with E-state index < -0.39 is 0 Å². The second-order valence-corrected chi connectivity index (χ2v) is 5.27. The molecule has 1 aromatic carbocycles. The third-order valence-electron chi connectivity index (χ3n) is 2.62. The normalized spacial score (nSPS) is 12.6. The number of halogens is 1. The van der Waals surface area contributed by atoms with Crippen LogP contribution in [0.25, 0.3) is 0 Å². The standard InChI is InChI=1S/C13H20BrNO2/c1-8(2)5-10(15)9-6-11(16-3)13(14)12(7-9)17-4/h6-8,10H,5,15H2,1-4H3/t10-/m1/s1. The molecule has 1 aromatic rings. The first-order valence-electron chi connectivity index (χ1n) is 5.66. The Morgan fingerprint density at radius 1 is 1.18 bits per heavy atom. The highest BCUT2D eigenvalue weighted by Crippen LogP contribution is 2.37.